The average Bonchev–Trinajstić information content (AvgIpc) is 2.79. The molecule has 2 aliphatic rings. The van der Waals surface area contributed by atoms with Crippen molar-refractivity contribution in [1.29, 1.82) is 0 Å². The van der Waals surface area contributed by atoms with E-state index in [0.717, 1.165) is 55.9 Å². The molecule has 1 aromatic carbocycles. The minimum absolute atomic E-state index is 0.156. The van der Waals surface area contributed by atoms with Crippen LogP contribution < -0.4 is 20.9 Å². The van der Waals surface area contributed by atoms with E-state index in [1.807, 2.05) is 14.1 Å². The number of hydrogen-bond donors (Lipinski definition) is 3. The van der Waals surface area contributed by atoms with Crippen molar-refractivity contribution in [2.24, 2.45) is 0 Å². The van der Waals surface area contributed by atoms with Gasteiger partial charge in [0, 0.05) is 38.3 Å². The molecule has 0 spiro atoms. The van der Waals surface area contributed by atoms with Gasteiger partial charge in [-0.15, -0.1) is 0 Å². The van der Waals surface area contributed by atoms with Crippen LogP contribution in [-0.2, 0) is 19.4 Å². The van der Waals surface area contributed by atoms with Gasteiger partial charge in [0.15, 0.2) is 0 Å². The van der Waals surface area contributed by atoms with E-state index in [-0.39, 0.29) is 17.9 Å². The van der Waals surface area contributed by atoms with Gasteiger partial charge in [-0.1, -0.05) is 12.1 Å². The lowest BCUT2D eigenvalue weighted by atomic mass is 9.91. The number of halogens is 1. The molecule has 172 valence electrons. The van der Waals surface area contributed by atoms with Crippen molar-refractivity contribution in [1.82, 2.24) is 20.6 Å². The Morgan fingerprint density at radius 2 is 1.72 bits per heavy atom. The Morgan fingerprint density at radius 3 is 2.44 bits per heavy atom. The molecular weight excluding hydrogens is 407 g/mol. The number of amides is 2. The topological polar surface area (TPSA) is 82.2 Å². The van der Waals surface area contributed by atoms with Gasteiger partial charge >= 0.3 is 6.03 Å². The number of urea groups is 1. The first-order valence-electron chi connectivity index (χ1n) is 11.6. The van der Waals surface area contributed by atoms with Crippen molar-refractivity contribution >= 4 is 17.8 Å². The molecule has 2 aromatic rings. The number of hydrogen-bond acceptors (Lipinski definition) is 5. The molecule has 1 saturated carbocycles. The molecular formula is C24H33FN6O. The van der Waals surface area contributed by atoms with Gasteiger partial charge in [0.2, 0.25) is 5.95 Å². The summed E-state index contributed by atoms with van der Waals surface area (Å²) >= 11 is 0. The monoisotopic (exact) mass is 440 g/mol. The van der Waals surface area contributed by atoms with E-state index in [1.165, 1.54) is 36.2 Å². The van der Waals surface area contributed by atoms with Crippen molar-refractivity contribution in [2.75, 3.05) is 24.3 Å². The first-order valence-corrected chi connectivity index (χ1v) is 11.6. The average molecular weight is 441 g/mol. The van der Waals surface area contributed by atoms with Gasteiger partial charge < -0.3 is 20.9 Å². The van der Waals surface area contributed by atoms with Gasteiger partial charge in [0.1, 0.15) is 11.6 Å². The van der Waals surface area contributed by atoms with Crippen LogP contribution in [0.4, 0.5) is 21.0 Å². The molecule has 1 heterocycles. The zero-order chi connectivity index (χ0) is 22.5. The Morgan fingerprint density at radius 1 is 1.03 bits per heavy atom. The molecule has 0 saturated heterocycles. The summed E-state index contributed by atoms with van der Waals surface area (Å²) < 4.78 is 13.0. The fraction of sp³-hybridized carbons (Fsp3) is 0.542. The third-order valence-electron chi connectivity index (χ3n) is 6.35. The van der Waals surface area contributed by atoms with Gasteiger partial charge in [-0.3, -0.25) is 0 Å². The maximum Gasteiger partial charge on any atom is 0.315 e. The van der Waals surface area contributed by atoms with Crippen LogP contribution in [0, 0.1) is 5.82 Å². The molecule has 4 rings (SSSR count). The van der Waals surface area contributed by atoms with E-state index in [4.69, 9.17) is 9.97 Å². The van der Waals surface area contributed by atoms with E-state index in [2.05, 4.69) is 20.9 Å². The number of aromatic nitrogens is 2. The highest BCUT2D eigenvalue weighted by molar-refractivity contribution is 5.74. The normalized spacial score (nSPS) is 20.2. The number of carbonyl (C=O) groups is 1. The Balaban J connectivity index is 1.25. The van der Waals surface area contributed by atoms with E-state index in [1.54, 1.807) is 12.1 Å². The lowest BCUT2D eigenvalue weighted by molar-refractivity contribution is 0.231. The molecule has 7 nitrogen and oxygen atoms in total. The molecule has 32 heavy (non-hydrogen) atoms. The number of carbonyl (C=O) groups excluding carboxylic acids is 1. The summed E-state index contributed by atoms with van der Waals surface area (Å²) in [6, 6.07) is 6.44. The van der Waals surface area contributed by atoms with Crippen LogP contribution in [0.5, 0.6) is 0 Å². The lowest BCUT2D eigenvalue weighted by Gasteiger charge is -2.30. The minimum atomic E-state index is -0.276. The molecule has 0 radical (unpaired) electrons. The predicted molar refractivity (Wildman–Crippen MR) is 124 cm³/mol. The number of fused-ring (bicyclic) bond motifs is 1. The Hall–Kier alpha value is -2.90. The summed E-state index contributed by atoms with van der Waals surface area (Å²) in [5.74, 6) is 1.48. The number of rotatable bonds is 6. The quantitative estimate of drug-likeness (QED) is 0.637. The molecule has 0 bridgehead atoms. The van der Waals surface area contributed by atoms with Crippen LogP contribution >= 0.6 is 0 Å². The largest absolute Gasteiger partial charge is 0.362 e. The molecule has 1 aromatic heterocycles. The first-order chi connectivity index (χ1) is 15.5. The smallest absolute Gasteiger partial charge is 0.315 e. The second-order valence-corrected chi connectivity index (χ2v) is 9.04. The summed E-state index contributed by atoms with van der Waals surface area (Å²) in [5, 5.41) is 9.45. The van der Waals surface area contributed by atoms with Crippen LogP contribution in [-0.4, -0.2) is 42.2 Å². The maximum atomic E-state index is 13.0. The standard InChI is InChI=1S/C24H33FN6O/c1-31(2)22-20-5-3-4-6-21(20)29-23(30-22)27-18-11-13-19(14-12-18)28-24(32)26-15-16-7-9-17(25)10-8-16/h7-10,18-19H,3-6,11-15H2,1-2H3,(H2,26,28,32)(H,27,29,30)/t18-,19+. The van der Waals surface area contributed by atoms with Crippen LogP contribution in [0.2, 0.25) is 0 Å². The van der Waals surface area contributed by atoms with Gasteiger partial charge in [0.05, 0.1) is 5.69 Å². The summed E-state index contributed by atoms with van der Waals surface area (Å²) in [6.07, 6.45) is 8.22. The minimum Gasteiger partial charge on any atom is -0.362 e. The van der Waals surface area contributed by atoms with Crippen molar-refractivity contribution in [2.45, 2.75) is 70.0 Å². The van der Waals surface area contributed by atoms with Gasteiger partial charge in [-0.25, -0.2) is 14.2 Å². The fourth-order valence-corrected chi connectivity index (χ4v) is 4.59. The van der Waals surface area contributed by atoms with Crippen LogP contribution in [0.1, 0.15) is 55.3 Å². The Labute approximate surface area is 189 Å². The van der Waals surface area contributed by atoms with Crippen molar-refractivity contribution in [3.63, 3.8) is 0 Å². The van der Waals surface area contributed by atoms with E-state index in [9.17, 15) is 9.18 Å². The SMILES string of the molecule is CN(C)c1nc(N[C@H]2CC[C@@H](NC(=O)NCc3ccc(F)cc3)CC2)nc2c1CCCC2. The first kappa shape index (κ1) is 22.3. The van der Waals surface area contributed by atoms with Gasteiger partial charge in [-0.05, 0) is 69.1 Å². The van der Waals surface area contributed by atoms with Gasteiger partial charge in [-0.2, -0.15) is 4.98 Å². The van der Waals surface area contributed by atoms with E-state index >= 15 is 0 Å². The number of nitrogens with zero attached hydrogens (tertiary/aromatic N) is 3. The summed E-state index contributed by atoms with van der Waals surface area (Å²) in [6.45, 7) is 0.382. The van der Waals surface area contributed by atoms with E-state index < -0.39 is 0 Å². The van der Waals surface area contributed by atoms with Crippen molar-refractivity contribution < 1.29 is 9.18 Å². The summed E-state index contributed by atoms with van der Waals surface area (Å²) in [4.78, 5) is 23.9. The second kappa shape index (κ2) is 10.1. The molecule has 3 N–H and O–H groups in total. The molecule has 0 atom stereocenters. The van der Waals surface area contributed by atoms with Crippen molar-refractivity contribution in [3.05, 3.63) is 46.9 Å². The Kier molecular flexibility index (Phi) is 7.07. The highest BCUT2D eigenvalue weighted by Gasteiger charge is 2.24. The third-order valence-corrected chi connectivity index (χ3v) is 6.35. The third kappa shape index (κ3) is 5.66. The molecule has 2 amide bonds. The highest BCUT2D eigenvalue weighted by atomic mass is 19.1. The maximum absolute atomic E-state index is 13.0. The fourth-order valence-electron chi connectivity index (χ4n) is 4.59. The van der Waals surface area contributed by atoms with Crippen molar-refractivity contribution in [3.8, 4) is 0 Å². The summed E-state index contributed by atoms with van der Waals surface area (Å²) in [5.41, 5.74) is 3.36. The van der Waals surface area contributed by atoms with Crippen LogP contribution in [0.3, 0.4) is 0 Å². The number of aryl methyl sites for hydroxylation is 1. The summed E-state index contributed by atoms with van der Waals surface area (Å²) in [7, 11) is 4.08. The molecule has 0 aliphatic heterocycles. The highest BCUT2D eigenvalue weighted by Crippen LogP contribution is 2.29. The number of nitrogens with one attached hydrogen (secondary N) is 3. The Bertz CT molecular complexity index is 925. The van der Waals surface area contributed by atoms with E-state index in [0.29, 0.717) is 12.6 Å². The second-order valence-electron chi connectivity index (χ2n) is 9.04. The van der Waals surface area contributed by atoms with Crippen LogP contribution in [0.15, 0.2) is 24.3 Å². The molecule has 8 heteroatoms. The number of benzene rings is 1. The predicted octanol–water partition coefficient (Wildman–Crippen LogP) is 3.78. The molecule has 2 aliphatic carbocycles. The lowest BCUT2D eigenvalue weighted by Crippen LogP contribution is -2.44. The zero-order valence-corrected chi connectivity index (χ0v) is 19.0. The zero-order valence-electron chi connectivity index (χ0n) is 19.0. The molecule has 1 fully saturated rings. The molecule has 0 unspecified atom stereocenters. The van der Waals surface area contributed by atoms with Gasteiger partial charge in [0.25, 0.3) is 0 Å². The number of anilines is 2. The van der Waals surface area contributed by atoms with Crippen LogP contribution in [0.25, 0.3) is 0 Å².